The van der Waals surface area contributed by atoms with Gasteiger partial charge in [-0.05, 0) is 36.5 Å². The molecule has 3 aliphatic rings. The number of piperidine rings is 1. The zero-order valence-corrected chi connectivity index (χ0v) is 16.2. The minimum Gasteiger partial charge on any atom is -0.294 e. The second-order valence-corrected chi connectivity index (χ2v) is 9.76. The van der Waals surface area contributed by atoms with Crippen molar-refractivity contribution in [3.63, 3.8) is 0 Å². The van der Waals surface area contributed by atoms with Crippen molar-refractivity contribution in [3.8, 4) is 0 Å². The molecule has 140 valence electrons. The van der Waals surface area contributed by atoms with Crippen LogP contribution in [-0.4, -0.2) is 66.7 Å². The number of hydrogen-bond donors (Lipinski definition) is 0. The van der Waals surface area contributed by atoms with Crippen molar-refractivity contribution in [2.24, 2.45) is 5.92 Å². The van der Waals surface area contributed by atoms with Crippen LogP contribution < -0.4 is 0 Å². The van der Waals surface area contributed by atoms with Crippen molar-refractivity contribution in [2.45, 2.75) is 25.4 Å². The molecule has 0 unspecified atom stereocenters. The van der Waals surface area contributed by atoms with E-state index >= 15 is 0 Å². The maximum absolute atomic E-state index is 12.6. The molecule has 1 aromatic heterocycles. The van der Waals surface area contributed by atoms with E-state index in [9.17, 15) is 8.42 Å². The summed E-state index contributed by atoms with van der Waals surface area (Å²) in [5.41, 5.74) is 2.28. The van der Waals surface area contributed by atoms with E-state index in [1.165, 1.54) is 15.3 Å². The van der Waals surface area contributed by atoms with E-state index in [1.807, 2.05) is 24.4 Å². The van der Waals surface area contributed by atoms with Crippen molar-refractivity contribution in [2.75, 3.05) is 33.7 Å². The Morgan fingerprint density at radius 2 is 1.92 bits per heavy atom. The molecule has 0 radical (unpaired) electrons. The lowest BCUT2D eigenvalue weighted by molar-refractivity contribution is 0.125. The Morgan fingerprint density at radius 1 is 1.12 bits per heavy atom. The minimum atomic E-state index is -3.35. The maximum atomic E-state index is 12.6. The Labute approximate surface area is 155 Å². The molecule has 0 saturated carbocycles. The molecule has 0 N–H and O–H groups in total. The van der Waals surface area contributed by atoms with Gasteiger partial charge in [-0.3, -0.25) is 9.88 Å². The third kappa shape index (κ3) is 3.24. The summed E-state index contributed by atoms with van der Waals surface area (Å²) < 4.78 is 28.3. The van der Waals surface area contributed by atoms with Gasteiger partial charge in [0, 0.05) is 57.9 Å². The first-order chi connectivity index (χ1) is 12.4. The molecular weight excluding hydrogens is 348 g/mol. The fourth-order valence-electron chi connectivity index (χ4n) is 4.26. The molecule has 5 rings (SSSR count). The first-order valence-electron chi connectivity index (χ1n) is 9.19. The van der Waals surface area contributed by atoms with E-state index in [0.29, 0.717) is 19.0 Å². The highest BCUT2D eigenvalue weighted by molar-refractivity contribution is 7.86. The van der Waals surface area contributed by atoms with Gasteiger partial charge in [0.15, 0.2) is 0 Å². The van der Waals surface area contributed by atoms with Crippen LogP contribution in [0.25, 0.3) is 10.9 Å². The van der Waals surface area contributed by atoms with Gasteiger partial charge in [-0.25, -0.2) is 0 Å². The molecule has 3 saturated heterocycles. The van der Waals surface area contributed by atoms with Gasteiger partial charge in [0.05, 0.1) is 5.52 Å². The molecule has 2 bridgehead atoms. The first-order valence-corrected chi connectivity index (χ1v) is 10.6. The number of rotatable bonds is 4. The number of fused-ring (bicyclic) bond motifs is 5. The van der Waals surface area contributed by atoms with E-state index in [0.717, 1.165) is 31.4 Å². The summed E-state index contributed by atoms with van der Waals surface area (Å²) in [7, 11) is -0.122. The van der Waals surface area contributed by atoms with Crippen molar-refractivity contribution < 1.29 is 8.42 Å². The summed E-state index contributed by atoms with van der Waals surface area (Å²) in [6, 6.07) is 10.6. The molecule has 0 spiro atoms. The summed E-state index contributed by atoms with van der Waals surface area (Å²) in [5, 5.41) is 1.19. The van der Waals surface area contributed by atoms with Crippen LogP contribution in [0, 0.1) is 5.92 Å². The van der Waals surface area contributed by atoms with Gasteiger partial charge in [0.1, 0.15) is 0 Å². The zero-order valence-electron chi connectivity index (χ0n) is 15.4. The van der Waals surface area contributed by atoms with Crippen molar-refractivity contribution >= 4 is 21.1 Å². The van der Waals surface area contributed by atoms with Crippen LogP contribution in [0.2, 0.25) is 0 Å². The molecule has 26 heavy (non-hydrogen) atoms. The molecular formula is C19H26N4O2S. The third-order valence-corrected chi connectivity index (χ3v) is 7.57. The van der Waals surface area contributed by atoms with Crippen LogP contribution in [0.15, 0.2) is 36.5 Å². The first kappa shape index (κ1) is 17.9. The standard InChI is InChI=1S/C19H26N4O2S/c1-21(2)26(24,25)23-12-15-7-8-17(14-23)22(11-15)13-16-9-10-20-19-6-4-3-5-18(16)19/h3-6,9-10,15,17H,7-8,11-14H2,1-2H3/t15-,17-/m0/s1. The number of aromatic nitrogens is 1. The Kier molecular flexibility index (Phi) is 4.73. The molecule has 3 fully saturated rings. The average Bonchev–Trinajstić information content (AvgIpc) is 2.94. The molecule has 2 atom stereocenters. The minimum absolute atomic E-state index is 0.274. The van der Waals surface area contributed by atoms with Crippen LogP contribution in [0.5, 0.6) is 0 Å². The van der Waals surface area contributed by atoms with Crippen LogP contribution >= 0.6 is 0 Å². The lowest BCUT2D eigenvalue weighted by Crippen LogP contribution is -2.45. The van der Waals surface area contributed by atoms with Gasteiger partial charge >= 0.3 is 0 Å². The normalized spacial score (nSPS) is 25.0. The van der Waals surface area contributed by atoms with E-state index in [-0.39, 0.29) is 6.04 Å². The Hall–Kier alpha value is -1.54. The molecule has 0 aliphatic carbocycles. The zero-order chi connectivity index (χ0) is 18.3. The van der Waals surface area contributed by atoms with E-state index in [4.69, 9.17) is 0 Å². The molecule has 7 heteroatoms. The number of hydrogen-bond acceptors (Lipinski definition) is 4. The van der Waals surface area contributed by atoms with Gasteiger partial charge in [-0.1, -0.05) is 18.2 Å². The number of benzene rings is 1. The monoisotopic (exact) mass is 374 g/mol. The second-order valence-electron chi connectivity index (χ2n) is 7.62. The summed E-state index contributed by atoms with van der Waals surface area (Å²) in [6.07, 6.45) is 4.04. The summed E-state index contributed by atoms with van der Waals surface area (Å²) in [4.78, 5) is 6.93. The van der Waals surface area contributed by atoms with E-state index in [2.05, 4.69) is 22.0 Å². The largest absolute Gasteiger partial charge is 0.294 e. The van der Waals surface area contributed by atoms with Crippen LogP contribution in [-0.2, 0) is 16.8 Å². The fourth-order valence-corrected chi connectivity index (χ4v) is 5.48. The topological polar surface area (TPSA) is 56.8 Å². The summed E-state index contributed by atoms with van der Waals surface area (Å²) in [6.45, 7) is 3.02. The van der Waals surface area contributed by atoms with E-state index in [1.54, 1.807) is 18.4 Å². The molecule has 0 amide bonds. The Morgan fingerprint density at radius 3 is 2.73 bits per heavy atom. The number of nitrogens with zero attached hydrogens (tertiary/aromatic N) is 4. The third-order valence-electron chi connectivity index (χ3n) is 5.69. The predicted molar refractivity (Wildman–Crippen MR) is 103 cm³/mol. The van der Waals surface area contributed by atoms with Crippen LogP contribution in [0.3, 0.4) is 0 Å². The van der Waals surface area contributed by atoms with Crippen LogP contribution in [0.4, 0.5) is 0 Å². The second kappa shape index (κ2) is 6.88. The quantitative estimate of drug-likeness (QED) is 0.821. The Bertz CT molecular complexity index is 894. The van der Waals surface area contributed by atoms with Crippen LogP contribution in [0.1, 0.15) is 18.4 Å². The highest BCUT2D eigenvalue weighted by Crippen LogP contribution is 2.31. The predicted octanol–water partition coefficient (Wildman–Crippen LogP) is 1.94. The highest BCUT2D eigenvalue weighted by atomic mass is 32.2. The highest BCUT2D eigenvalue weighted by Gasteiger charge is 2.39. The maximum Gasteiger partial charge on any atom is 0.281 e. The number of pyridine rings is 1. The smallest absolute Gasteiger partial charge is 0.281 e. The SMILES string of the molecule is CN(C)S(=O)(=O)N1C[C@H]2CC[C@@H](C1)N(Cc1ccnc3ccccc13)C2. The van der Waals surface area contributed by atoms with Crippen molar-refractivity contribution in [1.29, 1.82) is 0 Å². The van der Waals surface area contributed by atoms with E-state index < -0.39 is 10.2 Å². The molecule has 2 aromatic rings. The van der Waals surface area contributed by atoms with Gasteiger partial charge in [0.25, 0.3) is 10.2 Å². The molecule has 6 nitrogen and oxygen atoms in total. The molecule has 1 aromatic carbocycles. The summed E-state index contributed by atoms with van der Waals surface area (Å²) >= 11 is 0. The lowest BCUT2D eigenvalue weighted by atomic mass is 9.94. The number of para-hydroxylation sites is 1. The van der Waals surface area contributed by atoms with Gasteiger partial charge in [-0.15, -0.1) is 0 Å². The van der Waals surface area contributed by atoms with Gasteiger partial charge < -0.3 is 0 Å². The van der Waals surface area contributed by atoms with Gasteiger partial charge in [0.2, 0.25) is 0 Å². The van der Waals surface area contributed by atoms with Gasteiger partial charge in [-0.2, -0.15) is 17.0 Å². The average molecular weight is 375 g/mol. The van der Waals surface area contributed by atoms with Crippen molar-refractivity contribution in [3.05, 3.63) is 42.1 Å². The summed E-state index contributed by atoms with van der Waals surface area (Å²) in [5.74, 6) is 0.400. The lowest BCUT2D eigenvalue weighted by Gasteiger charge is -2.36. The molecule has 3 aliphatic heterocycles. The molecule has 4 heterocycles. The Balaban J connectivity index is 1.59. The fraction of sp³-hybridized carbons (Fsp3) is 0.526. The van der Waals surface area contributed by atoms with Crippen molar-refractivity contribution in [1.82, 2.24) is 18.5 Å².